The van der Waals surface area contributed by atoms with Crippen molar-refractivity contribution in [1.29, 1.82) is 0 Å². The van der Waals surface area contributed by atoms with Gasteiger partial charge in [0.1, 0.15) is 0 Å². The van der Waals surface area contributed by atoms with E-state index in [0.717, 1.165) is 31.2 Å². The van der Waals surface area contributed by atoms with Crippen LogP contribution in [0.3, 0.4) is 0 Å². The Morgan fingerprint density at radius 1 is 1.03 bits per heavy atom. The number of alkyl halides is 3. The van der Waals surface area contributed by atoms with Crippen molar-refractivity contribution in [2.45, 2.75) is 49.1 Å². The van der Waals surface area contributed by atoms with Gasteiger partial charge in [0, 0.05) is 18.3 Å². The summed E-state index contributed by atoms with van der Waals surface area (Å²) in [6.07, 6.45) is -1.48. The van der Waals surface area contributed by atoms with Gasteiger partial charge >= 0.3 is 12.1 Å². The van der Waals surface area contributed by atoms with Crippen LogP contribution in [0.4, 0.5) is 18.9 Å². The molecule has 0 bridgehead atoms. The zero-order valence-corrected chi connectivity index (χ0v) is 21.3. The van der Waals surface area contributed by atoms with Crippen molar-refractivity contribution in [3.05, 3.63) is 48.0 Å². The lowest BCUT2D eigenvalue weighted by atomic mass is 9.94. The highest BCUT2D eigenvalue weighted by Gasteiger charge is 2.51. The number of nitrogens with one attached hydrogen (secondary N) is 2. The van der Waals surface area contributed by atoms with E-state index in [0.29, 0.717) is 23.7 Å². The highest BCUT2D eigenvalue weighted by atomic mass is 32.2. The van der Waals surface area contributed by atoms with Crippen LogP contribution in [-0.4, -0.2) is 52.3 Å². The number of sulfonamides is 1. The number of rotatable bonds is 10. The minimum absolute atomic E-state index is 0.0506. The Bertz CT molecular complexity index is 1200. The van der Waals surface area contributed by atoms with Crippen LogP contribution in [0.1, 0.15) is 38.2 Å². The number of hydrogen-bond acceptors (Lipinski definition) is 6. The van der Waals surface area contributed by atoms with Gasteiger partial charge in [-0.3, -0.25) is 9.52 Å². The molecule has 37 heavy (non-hydrogen) atoms. The number of anilines is 1. The van der Waals surface area contributed by atoms with E-state index in [9.17, 15) is 26.4 Å². The van der Waals surface area contributed by atoms with Gasteiger partial charge in [-0.25, -0.2) is 13.2 Å². The topological polar surface area (TPSA) is 131 Å². The zero-order chi connectivity index (χ0) is 27.9. The van der Waals surface area contributed by atoms with Crippen LogP contribution in [-0.2, 0) is 25.0 Å². The van der Waals surface area contributed by atoms with Crippen molar-refractivity contribution in [1.82, 2.24) is 5.32 Å². The number of carbonyl (C=O) groups is 2. The molecule has 0 spiro atoms. The highest BCUT2D eigenvalue weighted by molar-refractivity contribution is 7.92. The Morgan fingerprint density at radius 3 is 2.05 bits per heavy atom. The molecule has 204 valence electrons. The number of carbonyl (C=O) groups excluding carboxylic acids is 1. The number of aliphatic carboxylic acids is 1. The molecule has 3 N–H and O–H groups in total. The summed E-state index contributed by atoms with van der Waals surface area (Å²) < 4.78 is 70.1. The largest absolute Gasteiger partial charge is 0.493 e. The first-order valence-corrected chi connectivity index (χ1v) is 12.7. The van der Waals surface area contributed by atoms with Crippen LogP contribution in [0.25, 0.3) is 0 Å². The molecule has 9 nitrogen and oxygen atoms in total. The molecule has 0 aliphatic heterocycles. The number of carboxylic acid groups (broad SMARTS) is 1. The standard InChI is InChI=1S/C22H28N2O5S.C2HF3O2/c1-4-5-14-23-21(25)22(12-13-22)16-6-8-17(9-7-16)24-30(26,27)18-10-11-19(28-2)20(15-18)29-3;3-2(4,5)1(6)7/h6-11,15,24H,4-5,12-14H2,1-3H3,(H,23,25);(H,6,7). The van der Waals surface area contributed by atoms with Crippen LogP contribution in [0.2, 0.25) is 0 Å². The van der Waals surface area contributed by atoms with E-state index in [-0.39, 0.29) is 10.8 Å². The van der Waals surface area contributed by atoms with E-state index < -0.39 is 27.6 Å². The van der Waals surface area contributed by atoms with Crippen molar-refractivity contribution < 1.29 is 45.8 Å². The molecule has 0 radical (unpaired) electrons. The maximum absolute atomic E-state index is 12.7. The van der Waals surface area contributed by atoms with Crippen LogP contribution in [0.15, 0.2) is 47.4 Å². The van der Waals surface area contributed by atoms with Crippen LogP contribution >= 0.6 is 0 Å². The van der Waals surface area contributed by atoms with Crippen LogP contribution < -0.4 is 19.5 Å². The molecule has 2 aromatic rings. The fraction of sp³-hybridized carbons (Fsp3) is 0.417. The molecular formula is C24H29F3N2O7S. The predicted molar refractivity (Wildman–Crippen MR) is 129 cm³/mol. The Hall–Kier alpha value is -3.48. The molecule has 1 fully saturated rings. The minimum Gasteiger partial charge on any atom is -0.493 e. The lowest BCUT2D eigenvalue weighted by Crippen LogP contribution is -2.35. The number of methoxy groups -OCH3 is 2. The molecular weight excluding hydrogens is 517 g/mol. The molecule has 1 amide bonds. The van der Waals surface area contributed by atoms with Gasteiger partial charge in [0.25, 0.3) is 10.0 Å². The first-order chi connectivity index (χ1) is 17.3. The molecule has 0 aromatic heterocycles. The van der Waals surface area contributed by atoms with Crippen molar-refractivity contribution in [3.63, 3.8) is 0 Å². The summed E-state index contributed by atoms with van der Waals surface area (Å²) in [5.74, 6) is -1.92. The Morgan fingerprint density at radius 2 is 1.59 bits per heavy atom. The number of unbranched alkanes of at least 4 members (excludes halogenated alkanes) is 1. The molecule has 2 aromatic carbocycles. The van der Waals surface area contributed by atoms with Gasteiger partial charge in [0.15, 0.2) is 11.5 Å². The van der Waals surface area contributed by atoms with E-state index in [1.807, 2.05) is 12.1 Å². The highest BCUT2D eigenvalue weighted by Crippen LogP contribution is 2.48. The van der Waals surface area contributed by atoms with Gasteiger partial charge in [-0.05, 0) is 49.1 Å². The lowest BCUT2D eigenvalue weighted by Gasteiger charge is -2.17. The molecule has 3 rings (SSSR count). The predicted octanol–water partition coefficient (Wildman–Crippen LogP) is 4.09. The number of halogens is 3. The van der Waals surface area contributed by atoms with E-state index in [2.05, 4.69) is 17.0 Å². The third-order valence-electron chi connectivity index (χ3n) is 5.60. The van der Waals surface area contributed by atoms with Crippen molar-refractivity contribution in [3.8, 4) is 11.5 Å². The molecule has 0 saturated heterocycles. The van der Waals surface area contributed by atoms with E-state index in [1.54, 1.807) is 18.2 Å². The van der Waals surface area contributed by atoms with Crippen molar-refractivity contribution in [2.24, 2.45) is 0 Å². The lowest BCUT2D eigenvalue weighted by molar-refractivity contribution is -0.192. The number of carboxylic acids is 1. The van der Waals surface area contributed by atoms with Gasteiger partial charge in [0.2, 0.25) is 5.91 Å². The summed E-state index contributed by atoms with van der Waals surface area (Å²) in [5.41, 5.74) is 0.857. The Labute approximate surface area is 213 Å². The first kappa shape index (κ1) is 29.7. The second-order valence-electron chi connectivity index (χ2n) is 8.19. The summed E-state index contributed by atoms with van der Waals surface area (Å²) in [7, 11) is -0.860. The number of hydrogen-bond donors (Lipinski definition) is 3. The second kappa shape index (κ2) is 12.2. The van der Waals surface area contributed by atoms with Crippen LogP contribution in [0, 0.1) is 0 Å². The fourth-order valence-electron chi connectivity index (χ4n) is 3.37. The Balaban J connectivity index is 0.000000604. The second-order valence-corrected chi connectivity index (χ2v) is 9.88. The number of benzene rings is 2. The SMILES string of the molecule is CCCCNC(=O)C1(c2ccc(NS(=O)(=O)c3ccc(OC)c(OC)c3)cc2)CC1.O=C(O)C(F)(F)F. The molecule has 1 aliphatic rings. The van der Waals surface area contributed by atoms with Gasteiger partial charge in [0.05, 0.1) is 24.5 Å². The molecule has 13 heteroatoms. The third-order valence-corrected chi connectivity index (χ3v) is 6.98. The summed E-state index contributed by atoms with van der Waals surface area (Å²) >= 11 is 0. The van der Waals surface area contributed by atoms with E-state index in [1.165, 1.54) is 26.4 Å². The fourth-order valence-corrected chi connectivity index (χ4v) is 4.45. The summed E-state index contributed by atoms with van der Waals surface area (Å²) in [6.45, 7) is 2.77. The van der Waals surface area contributed by atoms with Crippen LogP contribution in [0.5, 0.6) is 11.5 Å². The normalized spacial score (nSPS) is 14.0. The van der Waals surface area contributed by atoms with Crippen molar-refractivity contribution in [2.75, 3.05) is 25.5 Å². The molecule has 0 unspecified atom stereocenters. The molecule has 0 atom stereocenters. The zero-order valence-electron chi connectivity index (χ0n) is 20.5. The van der Waals surface area contributed by atoms with E-state index >= 15 is 0 Å². The Kier molecular flexibility index (Phi) is 9.79. The van der Waals surface area contributed by atoms with Gasteiger partial charge in [-0.15, -0.1) is 0 Å². The van der Waals surface area contributed by atoms with Gasteiger partial charge < -0.3 is 19.9 Å². The first-order valence-electron chi connectivity index (χ1n) is 11.2. The average Bonchev–Trinajstić information content (AvgIpc) is 3.66. The summed E-state index contributed by atoms with van der Waals surface area (Å²) in [5, 5.41) is 10.1. The smallest absolute Gasteiger partial charge is 0.490 e. The maximum Gasteiger partial charge on any atom is 0.490 e. The molecule has 0 heterocycles. The van der Waals surface area contributed by atoms with E-state index in [4.69, 9.17) is 19.4 Å². The number of ether oxygens (including phenoxy) is 2. The quantitative estimate of drug-likeness (QED) is 0.383. The molecule has 1 aliphatic carbocycles. The van der Waals surface area contributed by atoms with Crippen molar-refractivity contribution >= 4 is 27.6 Å². The minimum atomic E-state index is -5.08. The average molecular weight is 547 g/mol. The maximum atomic E-state index is 12.7. The summed E-state index contributed by atoms with van der Waals surface area (Å²) in [4.78, 5) is 21.5. The summed E-state index contributed by atoms with van der Waals surface area (Å²) in [6, 6.07) is 11.4. The van der Waals surface area contributed by atoms with Gasteiger partial charge in [-0.1, -0.05) is 25.5 Å². The monoisotopic (exact) mass is 546 g/mol. The third kappa shape index (κ3) is 7.75. The molecule has 1 saturated carbocycles. The number of amides is 1. The van der Waals surface area contributed by atoms with Gasteiger partial charge in [-0.2, -0.15) is 13.2 Å².